The largest absolute Gasteiger partial charge is 0.399 e. The molecule has 3 rings (SSSR count). The third kappa shape index (κ3) is 1.80. The minimum atomic E-state index is 0.444. The van der Waals surface area contributed by atoms with Crippen molar-refractivity contribution in [1.82, 2.24) is 15.0 Å². The second-order valence-corrected chi connectivity index (χ2v) is 3.92. The smallest absolute Gasteiger partial charge is 0.231 e. The van der Waals surface area contributed by atoms with Crippen LogP contribution in [0.5, 0.6) is 0 Å². The van der Waals surface area contributed by atoms with Crippen molar-refractivity contribution in [2.24, 2.45) is 0 Å². The third-order valence-electron chi connectivity index (χ3n) is 2.61. The SMILES string of the molecule is Nc1ccc(Nc2nc(N)c3cc[nH]c3n2)cc1. The van der Waals surface area contributed by atoms with Crippen LogP contribution in [-0.4, -0.2) is 15.0 Å². The Balaban J connectivity index is 1.97. The minimum Gasteiger partial charge on any atom is -0.399 e. The molecule has 0 unspecified atom stereocenters. The van der Waals surface area contributed by atoms with Gasteiger partial charge in [0.15, 0.2) is 0 Å². The standard InChI is InChI=1S/C12H12N6/c13-7-1-3-8(4-2-7)16-12-17-10(14)9-5-6-15-11(9)18-12/h1-6H,13H2,(H4,14,15,16,17,18). The number of fused-ring (bicyclic) bond motifs is 1. The molecule has 0 fully saturated rings. The molecule has 0 spiro atoms. The van der Waals surface area contributed by atoms with Crippen LogP contribution in [0.25, 0.3) is 11.0 Å². The van der Waals surface area contributed by atoms with Gasteiger partial charge in [0.05, 0.1) is 5.39 Å². The Labute approximate surface area is 103 Å². The highest BCUT2D eigenvalue weighted by Crippen LogP contribution is 2.20. The first kappa shape index (κ1) is 10.4. The lowest BCUT2D eigenvalue weighted by atomic mass is 10.3. The lowest BCUT2D eigenvalue weighted by Gasteiger charge is -2.06. The molecule has 0 atom stereocenters. The number of H-pyrrole nitrogens is 1. The molecule has 0 saturated heterocycles. The number of hydrogen-bond acceptors (Lipinski definition) is 5. The number of hydrogen-bond donors (Lipinski definition) is 4. The summed E-state index contributed by atoms with van der Waals surface area (Å²) in [5, 5.41) is 3.89. The predicted octanol–water partition coefficient (Wildman–Crippen LogP) is 1.87. The molecule has 0 bridgehead atoms. The molecule has 0 radical (unpaired) electrons. The summed E-state index contributed by atoms with van der Waals surface area (Å²) in [6.45, 7) is 0. The van der Waals surface area contributed by atoms with Crippen LogP contribution in [0.15, 0.2) is 36.5 Å². The van der Waals surface area contributed by atoms with E-state index in [4.69, 9.17) is 11.5 Å². The average Bonchev–Trinajstić information content (AvgIpc) is 2.81. The van der Waals surface area contributed by atoms with Crippen molar-refractivity contribution in [3.05, 3.63) is 36.5 Å². The number of nitrogens with zero attached hydrogens (tertiary/aromatic N) is 2. The zero-order chi connectivity index (χ0) is 12.5. The highest BCUT2D eigenvalue weighted by Gasteiger charge is 2.05. The average molecular weight is 240 g/mol. The molecule has 18 heavy (non-hydrogen) atoms. The van der Waals surface area contributed by atoms with Crippen LogP contribution in [-0.2, 0) is 0 Å². The first-order chi connectivity index (χ1) is 8.72. The van der Waals surface area contributed by atoms with E-state index in [1.165, 1.54) is 0 Å². The van der Waals surface area contributed by atoms with Gasteiger partial charge in [-0.25, -0.2) is 0 Å². The highest BCUT2D eigenvalue weighted by atomic mass is 15.1. The number of rotatable bonds is 2. The number of benzene rings is 1. The summed E-state index contributed by atoms with van der Waals surface area (Å²) in [6.07, 6.45) is 1.78. The second kappa shape index (κ2) is 3.92. The number of nitrogens with one attached hydrogen (secondary N) is 2. The predicted molar refractivity (Wildman–Crippen MR) is 72.4 cm³/mol. The molecular formula is C12H12N6. The summed E-state index contributed by atoms with van der Waals surface area (Å²) >= 11 is 0. The molecule has 6 heteroatoms. The van der Waals surface area contributed by atoms with Crippen molar-refractivity contribution in [3.63, 3.8) is 0 Å². The van der Waals surface area contributed by atoms with Crippen molar-refractivity contribution in [2.75, 3.05) is 16.8 Å². The number of aromatic amines is 1. The Hall–Kier alpha value is -2.76. The first-order valence-electron chi connectivity index (χ1n) is 5.45. The van der Waals surface area contributed by atoms with E-state index in [1.807, 2.05) is 18.2 Å². The third-order valence-corrected chi connectivity index (χ3v) is 2.61. The zero-order valence-electron chi connectivity index (χ0n) is 9.51. The van der Waals surface area contributed by atoms with Gasteiger partial charge in [-0.1, -0.05) is 0 Å². The normalized spacial score (nSPS) is 10.7. The zero-order valence-corrected chi connectivity index (χ0v) is 9.51. The molecule has 2 heterocycles. The Kier molecular flexibility index (Phi) is 2.26. The quantitative estimate of drug-likeness (QED) is 0.512. The lowest BCUT2D eigenvalue weighted by Crippen LogP contribution is -2.01. The van der Waals surface area contributed by atoms with Crippen molar-refractivity contribution in [1.29, 1.82) is 0 Å². The van der Waals surface area contributed by atoms with Crippen LogP contribution in [0, 0.1) is 0 Å². The van der Waals surface area contributed by atoms with Crippen molar-refractivity contribution in [2.45, 2.75) is 0 Å². The first-order valence-corrected chi connectivity index (χ1v) is 5.45. The second-order valence-electron chi connectivity index (χ2n) is 3.92. The maximum Gasteiger partial charge on any atom is 0.231 e. The van der Waals surface area contributed by atoms with E-state index in [9.17, 15) is 0 Å². The monoisotopic (exact) mass is 240 g/mol. The lowest BCUT2D eigenvalue weighted by molar-refractivity contribution is 1.20. The van der Waals surface area contributed by atoms with Crippen molar-refractivity contribution < 1.29 is 0 Å². The van der Waals surface area contributed by atoms with Crippen LogP contribution in [0.3, 0.4) is 0 Å². The molecule has 6 N–H and O–H groups in total. The summed E-state index contributed by atoms with van der Waals surface area (Å²) in [6, 6.07) is 9.16. The molecule has 0 aliphatic rings. The van der Waals surface area contributed by atoms with E-state index >= 15 is 0 Å². The molecule has 0 amide bonds. The fourth-order valence-electron chi connectivity index (χ4n) is 1.72. The summed E-state index contributed by atoms with van der Waals surface area (Å²) in [4.78, 5) is 11.5. The molecule has 0 aliphatic carbocycles. The highest BCUT2D eigenvalue weighted by molar-refractivity contribution is 5.87. The molecule has 1 aromatic carbocycles. The maximum atomic E-state index is 5.85. The fraction of sp³-hybridized carbons (Fsp3) is 0. The van der Waals surface area contributed by atoms with Gasteiger partial charge in [-0.15, -0.1) is 0 Å². The van der Waals surface area contributed by atoms with Gasteiger partial charge in [-0.3, -0.25) is 0 Å². The van der Waals surface area contributed by atoms with Crippen LogP contribution < -0.4 is 16.8 Å². The van der Waals surface area contributed by atoms with Crippen LogP contribution in [0.4, 0.5) is 23.1 Å². The Morgan fingerprint density at radius 2 is 1.78 bits per heavy atom. The topological polar surface area (TPSA) is 106 Å². The molecular weight excluding hydrogens is 228 g/mol. The number of aromatic nitrogens is 3. The van der Waals surface area contributed by atoms with E-state index in [0.29, 0.717) is 23.1 Å². The maximum absolute atomic E-state index is 5.85. The van der Waals surface area contributed by atoms with E-state index in [2.05, 4.69) is 20.3 Å². The van der Waals surface area contributed by atoms with Gasteiger partial charge in [0.25, 0.3) is 0 Å². The summed E-state index contributed by atoms with van der Waals surface area (Å²) in [5.41, 5.74) is 13.7. The van der Waals surface area contributed by atoms with Crippen LogP contribution in [0.1, 0.15) is 0 Å². The van der Waals surface area contributed by atoms with Gasteiger partial charge < -0.3 is 21.8 Å². The van der Waals surface area contributed by atoms with Gasteiger partial charge in [-0.2, -0.15) is 9.97 Å². The van der Waals surface area contributed by atoms with Gasteiger partial charge in [-0.05, 0) is 30.3 Å². The van der Waals surface area contributed by atoms with E-state index in [-0.39, 0.29) is 0 Å². The molecule has 3 aromatic rings. The Morgan fingerprint density at radius 1 is 1.00 bits per heavy atom. The van der Waals surface area contributed by atoms with Gasteiger partial charge >= 0.3 is 0 Å². The molecule has 90 valence electrons. The van der Waals surface area contributed by atoms with E-state index < -0.39 is 0 Å². The van der Waals surface area contributed by atoms with E-state index in [1.54, 1.807) is 18.3 Å². The molecule has 0 saturated carbocycles. The summed E-state index contributed by atoms with van der Waals surface area (Å²) < 4.78 is 0. The van der Waals surface area contributed by atoms with Crippen LogP contribution in [0.2, 0.25) is 0 Å². The fourth-order valence-corrected chi connectivity index (χ4v) is 1.72. The van der Waals surface area contributed by atoms with Gasteiger partial charge in [0.1, 0.15) is 11.5 Å². The van der Waals surface area contributed by atoms with Gasteiger partial charge in [0, 0.05) is 17.6 Å². The van der Waals surface area contributed by atoms with Crippen molar-refractivity contribution >= 4 is 34.2 Å². The summed E-state index contributed by atoms with van der Waals surface area (Å²) in [5.74, 6) is 0.895. The van der Waals surface area contributed by atoms with Crippen LogP contribution >= 0.6 is 0 Å². The minimum absolute atomic E-state index is 0.444. The van der Waals surface area contributed by atoms with Gasteiger partial charge in [0.2, 0.25) is 5.95 Å². The van der Waals surface area contributed by atoms with E-state index in [0.717, 1.165) is 11.1 Å². The Morgan fingerprint density at radius 3 is 2.56 bits per heavy atom. The molecule has 2 aromatic heterocycles. The number of nitrogens with two attached hydrogens (primary N) is 2. The molecule has 0 aliphatic heterocycles. The van der Waals surface area contributed by atoms with Crippen molar-refractivity contribution in [3.8, 4) is 0 Å². The summed E-state index contributed by atoms with van der Waals surface area (Å²) in [7, 11) is 0. The number of nitrogen functional groups attached to an aromatic ring is 2. The molecule has 6 nitrogen and oxygen atoms in total. The Bertz CT molecular complexity index is 685. The number of anilines is 4.